The van der Waals surface area contributed by atoms with Crippen LogP contribution in [0.25, 0.3) is 16.7 Å². The maximum absolute atomic E-state index is 5.08. The molecule has 4 nitrogen and oxygen atoms in total. The van der Waals surface area contributed by atoms with Gasteiger partial charge in [0.05, 0.1) is 12.0 Å². The van der Waals surface area contributed by atoms with E-state index in [0.717, 1.165) is 64.8 Å². The molecule has 0 radical (unpaired) electrons. The third-order valence-corrected chi connectivity index (χ3v) is 9.92. The number of nitrogens with zero attached hydrogens (tertiary/aromatic N) is 4. The summed E-state index contributed by atoms with van der Waals surface area (Å²) >= 11 is 0. The zero-order chi connectivity index (χ0) is 37.0. The molecule has 2 aromatic rings. The third kappa shape index (κ3) is 7.64. The molecule has 264 valence electrons. The van der Waals surface area contributed by atoms with E-state index in [9.17, 15) is 0 Å². The van der Waals surface area contributed by atoms with Gasteiger partial charge in [-0.1, -0.05) is 146 Å². The summed E-state index contributed by atoms with van der Waals surface area (Å²) in [6, 6.07) is 15.4. The van der Waals surface area contributed by atoms with Crippen LogP contribution in [0.4, 0.5) is 0 Å². The summed E-state index contributed by atoms with van der Waals surface area (Å²) in [6.45, 7) is 14.8. The number of rotatable bonds is 10. The summed E-state index contributed by atoms with van der Waals surface area (Å²) in [7, 11) is 0. The smallest absolute Gasteiger partial charge is 0.160 e. The van der Waals surface area contributed by atoms with E-state index < -0.39 is 5.41 Å². The van der Waals surface area contributed by atoms with Crippen LogP contribution in [0.5, 0.6) is 0 Å². The van der Waals surface area contributed by atoms with Crippen molar-refractivity contribution in [2.75, 3.05) is 6.54 Å². The van der Waals surface area contributed by atoms with Crippen LogP contribution in [-0.2, 0) is 5.41 Å². The van der Waals surface area contributed by atoms with Crippen LogP contribution in [0.2, 0.25) is 0 Å². The molecule has 3 aliphatic carbocycles. The first kappa shape index (κ1) is 36.8. The largest absolute Gasteiger partial charge is 0.264 e. The van der Waals surface area contributed by atoms with Crippen molar-refractivity contribution in [2.45, 2.75) is 51.9 Å². The van der Waals surface area contributed by atoms with Crippen LogP contribution in [0.1, 0.15) is 63.1 Å². The Morgan fingerprint density at radius 3 is 2.34 bits per heavy atom. The predicted octanol–water partition coefficient (Wildman–Crippen LogP) is 12.1. The van der Waals surface area contributed by atoms with Gasteiger partial charge < -0.3 is 0 Å². The maximum atomic E-state index is 5.08. The number of amidine groups is 2. The molecule has 0 saturated heterocycles. The monoisotopic (exact) mass is 692 g/mol. The van der Waals surface area contributed by atoms with Crippen molar-refractivity contribution in [1.82, 2.24) is 0 Å². The quantitative estimate of drug-likeness (QED) is 0.135. The summed E-state index contributed by atoms with van der Waals surface area (Å²) in [5.74, 6) is 1.15. The molecule has 0 saturated carbocycles. The molecule has 53 heavy (non-hydrogen) atoms. The molecule has 6 rings (SSSR count). The average molecular weight is 693 g/mol. The minimum absolute atomic E-state index is 0.501. The SMILES string of the molecule is C=CC1=C(/C=C\C)C(C2=CC=CCC=C2)(C2=NC=CCC2)c2ccc(-c3ccc(C(N=C(N=C)C4=CC=CCC=C4)=NCC(/C=C\C)=C/C)cc3)cc21. The fourth-order valence-electron chi connectivity index (χ4n) is 7.41. The number of aliphatic imine (C=N–C) groups is 4. The van der Waals surface area contributed by atoms with Gasteiger partial charge in [-0.2, -0.15) is 0 Å². The normalized spacial score (nSPS) is 20.4. The maximum Gasteiger partial charge on any atom is 0.160 e. The minimum atomic E-state index is -0.513. The van der Waals surface area contributed by atoms with E-state index in [1.165, 1.54) is 22.3 Å². The Hall–Kier alpha value is -6.00. The van der Waals surface area contributed by atoms with Gasteiger partial charge in [-0.05, 0) is 104 Å². The molecule has 0 fully saturated rings. The van der Waals surface area contributed by atoms with Gasteiger partial charge >= 0.3 is 0 Å². The molecule has 0 aromatic heterocycles. The average Bonchev–Trinajstić information content (AvgIpc) is 3.50. The van der Waals surface area contributed by atoms with Gasteiger partial charge in [-0.3, -0.25) is 9.98 Å². The standard InChI is InChI=1S/C49H48N4/c1-6-20-36(8-3)35-52-48(53-47(50-5)38-22-14-10-11-15-23-38)39-29-27-37(28-30-39)40-31-32-45-43(34-40)42(9-4)44(21-7-2)49(45,46-26-18-19-33-51-46)41-24-16-12-13-17-25-41/h6-10,12,14-17,19-25,27-34H,4-5,11,13,18,26,35H2,1-3H3/b20-6-,21-7-,36-8+,52-48?,53-47?. The fourth-order valence-corrected chi connectivity index (χ4v) is 7.41. The van der Waals surface area contributed by atoms with Crippen molar-refractivity contribution >= 4 is 29.7 Å². The van der Waals surface area contributed by atoms with Crippen molar-refractivity contribution in [3.63, 3.8) is 0 Å². The highest BCUT2D eigenvalue weighted by atomic mass is 15.0. The first-order chi connectivity index (χ1) is 26.1. The molecule has 1 heterocycles. The molecule has 0 amide bonds. The molecule has 2 aromatic carbocycles. The van der Waals surface area contributed by atoms with Gasteiger partial charge in [-0.15, -0.1) is 0 Å². The summed E-state index contributed by atoms with van der Waals surface area (Å²) in [6.07, 6.45) is 41.9. The van der Waals surface area contributed by atoms with E-state index in [2.05, 4.69) is 141 Å². The minimum Gasteiger partial charge on any atom is -0.264 e. The second-order valence-electron chi connectivity index (χ2n) is 13.1. The van der Waals surface area contributed by atoms with Gasteiger partial charge in [0.2, 0.25) is 0 Å². The number of hydrogen-bond acceptors (Lipinski definition) is 2. The summed E-state index contributed by atoms with van der Waals surface area (Å²) in [5, 5.41) is 0. The lowest BCUT2D eigenvalue weighted by Crippen LogP contribution is -2.38. The van der Waals surface area contributed by atoms with Crippen LogP contribution < -0.4 is 0 Å². The molecule has 4 heteroatoms. The van der Waals surface area contributed by atoms with Crippen molar-refractivity contribution in [3.8, 4) is 11.1 Å². The topological polar surface area (TPSA) is 49.4 Å². The van der Waals surface area contributed by atoms with E-state index in [1.807, 2.05) is 50.4 Å². The van der Waals surface area contributed by atoms with Crippen molar-refractivity contribution in [1.29, 1.82) is 0 Å². The van der Waals surface area contributed by atoms with Gasteiger partial charge in [0, 0.05) is 23.0 Å². The molecular formula is C49H48N4. The molecule has 0 N–H and O–H groups in total. The van der Waals surface area contributed by atoms with Gasteiger partial charge in [0.25, 0.3) is 0 Å². The third-order valence-electron chi connectivity index (χ3n) is 9.92. The lowest BCUT2D eigenvalue weighted by Gasteiger charge is -2.37. The number of hydrogen-bond donors (Lipinski definition) is 0. The highest BCUT2D eigenvalue weighted by Crippen LogP contribution is 2.55. The number of benzene rings is 2. The molecule has 4 aliphatic rings. The summed E-state index contributed by atoms with van der Waals surface area (Å²) in [4.78, 5) is 19.4. The van der Waals surface area contributed by atoms with Crippen molar-refractivity contribution in [2.24, 2.45) is 20.0 Å². The predicted molar refractivity (Wildman–Crippen MR) is 230 cm³/mol. The Balaban J connectivity index is 1.45. The van der Waals surface area contributed by atoms with Crippen LogP contribution in [-0.4, -0.2) is 30.6 Å². The van der Waals surface area contributed by atoms with Gasteiger partial charge in [0.15, 0.2) is 11.7 Å². The summed E-state index contributed by atoms with van der Waals surface area (Å²) in [5.41, 5.74) is 11.8. The van der Waals surface area contributed by atoms with Crippen LogP contribution in [0.3, 0.4) is 0 Å². The Kier molecular flexibility index (Phi) is 12.1. The van der Waals surface area contributed by atoms with Gasteiger partial charge in [-0.25, -0.2) is 9.98 Å². The van der Waals surface area contributed by atoms with Crippen LogP contribution >= 0.6 is 0 Å². The second kappa shape index (κ2) is 17.5. The zero-order valence-corrected chi connectivity index (χ0v) is 31.2. The Morgan fingerprint density at radius 1 is 0.868 bits per heavy atom. The Bertz CT molecular complexity index is 2190. The second-order valence-corrected chi connectivity index (χ2v) is 13.1. The Labute approximate surface area is 315 Å². The lowest BCUT2D eigenvalue weighted by atomic mass is 9.65. The number of fused-ring (bicyclic) bond motifs is 1. The van der Waals surface area contributed by atoms with E-state index >= 15 is 0 Å². The molecule has 1 aliphatic heterocycles. The molecule has 0 bridgehead atoms. The molecule has 1 unspecified atom stereocenters. The van der Waals surface area contributed by atoms with E-state index in [-0.39, 0.29) is 0 Å². The number of allylic oxidation sites excluding steroid dienone is 18. The van der Waals surface area contributed by atoms with Crippen LogP contribution in [0.15, 0.2) is 201 Å². The first-order valence-corrected chi connectivity index (χ1v) is 18.5. The molecule has 0 spiro atoms. The Morgan fingerprint density at radius 2 is 1.64 bits per heavy atom. The highest BCUT2D eigenvalue weighted by Gasteiger charge is 2.49. The first-order valence-electron chi connectivity index (χ1n) is 18.5. The lowest BCUT2D eigenvalue weighted by molar-refractivity contribution is 0.804. The fraction of sp³-hybridized carbons (Fsp3) is 0.184. The van der Waals surface area contributed by atoms with Gasteiger partial charge in [0.1, 0.15) is 0 Å². The van der Waals surface area contributed by atoms with E-state index in [0.29, 0.717) is 18.2 Å². The van der Waals surface area contributed by atoms with E-state index in [1.54, 1.807) is 0 Å². The molecular weight excluding hydrogens is 645 g/mol. The highest BCUT2D eigenvalue weighted by molar-refractivity contribution is 6.14. The zero-order valence-electron chi connectivity index (χ0n) is 31.2. The van der Waals surface area contributed by atoms with E-state index in [4.69, 9.17) is 15.0 Å². The van der Waals surface area contributed by atoms with Crippen molar-refractivity contribution in [3.05, 3.63) is 198 Å². The summed E-state index contributed by atoms with van der Waals surface area (Å²) < 4.78 is 0. The van der Waals surface area contributed by atoms with Crippen LogP contribution in [0, 0.1) is 0 Å². The molecule has 1 atom stereocenters. The van der Waals surface area contributed by atoms with Crippen molar-refractivity contribution < 1.29 is 0 Å².